The van der Waals surface area contributed by atoms with Crippen molar-refractivity contribution in [1.29, 1.82) is 0 Å². The predicted octanol–water partition coefficient (Wildman–Crippen LogP) is -0.822. The number of nitro groups is 2. The Morgan fingerprint density at radius 1 is 1.16 bits per heavy atom. The summed E-state index contributed by atoms with van der Waals surface area (Å²) >= 11 is 0. The van der Waals surface area contributed by atoms with Gasteiger partial charge in [-0.2, -0.15) is 0 Å². The van der Waals surface area contributed by atoms with Crippen molar-refractivity contribution in [2.75, 3.05) is 33.2 Å². The number of quaternary nitrogens is 1. The fourth-order valence-electron chi connectivity index (χ4n) is 2.30. The summed E-state index contributed by atoms with van der Waals surface area (Å²) in [7, 11) is 2.17. The van der Waals surface area contributed by atoms with E-state index >= 15 is 0 Å². The van der Waals surface area contributed by atoms with E-state index < -0.39 is 32.6 Å². The Kier molecular flexibility index (Phi) is 5.62. The van der Waals surface area contributed by atoms with Crippen LogP contribution in [0.15, 0.2) is 27.4 Å². The minimum absolute atomic E-state index is 0.235. The number of non-ortho nitro benzene ring substituents is 1. The van der Waals surface area contributed by atoms with Gasteiger partial charge in [-0.25, -0.2) is 4.79 Å². The minimum atomic E-state index is -1.38. The van der Waals surface area contributed by atoms with E-state index in [1.165, 1.54) is 26.2 Å². The Balaban J connectivity index is 0.000000269. The van der Waals surface area contributed by atoms with Crippen molar-refractivity contribution < 1.29 is 24.7 Å². The molecule has 1 aromatic heterocycles. The van der Waals surface area contributed by atoms with E-state index in [2.05, 4.69) is 21.7 Å². The van der Waals surface area contributed by atoms with Crippen LogP contribution in [-0.4, -0.2) is 48.0 Å². The third kappa shape index (κ3) is 4.28. The summed E-state index contributed by atoms with van der Waals surface area (Å²) < 4.78 is 4.55. The number of hydrogen-bond acceptors (Lipinski definition) is 8. The topological polar surface area (TPSA) is 159 Å². The molecular weight excluding hydrogens is 336 g/mol. The quantitative estimate of drug-likeness (QED) is 0.417. The van der Waals surface area contributed by atoms with Gasteiger partial charge < -0.3 is 14.8 Å². The lowest BCUT2D eigenvalue weighted by Crippen LogP contribution is -2.89. The molecule has 1 aromatic carbocycles. The van der Waals surface area contributed by atoms with Gasteiger partial charge in [0, 0.05) is 30.6 Å². The molecule has 2 aromatic rings. The summed E-state index contributed by atoms with van der Waals surface area (Å²) in [5.41, 5.74) is -3.31. The number of nitro benzene ring substituents is 1. The molecule has 1 aliphatic heterocycles. The van der Waals surface area contributed by atoms with E-state index in [4.69, 9.17) is 0 Å². The number of nitrogens with two attached hydrogens (primary N) is 1. The highest BCUT2D eigenvalue weighted by Gasteiger charge is 2.19. The van der Waals surface area contributed by atoms with Gasteiger partial charge in [0.2, 0.25) is 0 Å². The van der Waals surface area contributed by atoms with E-state index in [1.807, 2.05) is 0 Å². The van der Waals surface area contributed by atoms with Crippen molar-refractivity contribution in [2.45, 2.75) is 0 Å². The number of hydrogen-bond donors (Lipinski definition) is 1. The smallest absolute Gasteiger partial charge is 0.414 e. The van der Waals surface area contributed by atoms with Crippen LogP contribution >= 0.6 is 0 Å². The molecule has 3 rings (SSSR count). The predicted molar refractivity (Wildman–Crippen MR) is 84.4 cm³/mol. The molecule has 0 radical (unpaired) electrons. The van der Waals surface area contributed by atoms with E-state index in [1.54, 1.807) is 0 Å². The lowest BCUT2D eigenvalue weighted by Gasteiger charge is -2.19. The molecule has 2 heterocycles. The van der Waals surface area contributed by atoms with Gasteiger partial charge in [0.1, 0.15) is 5.58 Å². The fourth-order valence-corrected chi connectivity index (χ4v) is 2.30. The first-order valence-corrected chi connectivity index (χ1v) is 7.38. The highest BCUT2D eigenvalue weighted by atomic mass is 16.6. The average molecular weight is 352 g/mol. The zero-order valence-electron chi connectivity index (χ0n) is 13.3. The van der Waals surface area contributed by atoms with Crippen molar-refractivity contribution >= 4 is 22.3 Å². The molecule has 0 amide bonds. The van der Waals surface area contributed by atoms with Crippen LogP contribution in [0.1, 0.15) is 0 Å². The molecule has 1 saturated heterocycles. The van der Waals surface area contributed by atoms with Gasteiger partial charge in [0.25, 0.3) is 5.69 Å². The van der Waals surface area contributed by atoms with E-state index in [-0.39, 0.29) is 11.0 Å². The highest BCUT2D eigenvalue weighted by Crippen LogP contribution is 2.30. The molecule has 0 aliphatic carbocycles. The zero-order valence-corrected chi connectivity index (χ0v) is 13.3. The van der Waals surface area contributed by atoms with Crippen LogP contribution in [0, 0.1) is 20.2 Å². The third-order valence-corrected chi connectivity index (χ3v) is 3.64. The van der Waals surface area contributed by atoms with E-state index in [9.17, 15) is 30.1 Å². The monoisotopic (exact) mass is 352 g/mol. The van der Waals surface area contributed by atoms with Gasteiger partial charge >= 0.3 is 11.3 Å². The number of fused-ring (bicyclic) bond motifs is 1. The Morgan fingerprint density at radius 2 is 1.80 bits per heavy atom. The van der Waals surface area contributed by atoms with E-state index in [0.717, 1.165) is 18.2 Å². The maximum Gasteiger partial charge on any atom is 0.414 e. The van der Waals surface area contributed by atoms with Crippen LogP contribution in [0.5, 0.6) is 5.75 Å². The third-order valence-electron chi connectivity index (χ3n) is 3.64. The number of likely N-dealkylation sites (N-methyl/N-ethyl adjacent to an activating group) is 1. The van der Waals surface area contributed by atoms with Gasteiger partial charge in [-0.05, 0) is 18.9 Å². The molecule has 11 nitrogen and oxygen atoms in total. The molecule has 134 valence electrons. The summed E-state index contributed by atoms with van der Waals surface area (Å²) in [5.74, 6) is -1.20. The van der Waals surface area contributed by atoms with Crippen LogP contribution < -0.4 is 16.0 Å². The second-order valence-corrected chi connectivity index (χ2v) is 5.43. The largest absolute Gasteiger partial charge is 0.867 e. The van der Waals surface area contributed by atoms with Gasteiger partial charge in [-0.3, -0.25) is 25.1 Å². The van der Waals surface area contributed by atoms with Crippen molar-refractivity contribution in [1.82, 2.24) is 4.90 Å². The second-order valence-electron chi connectivity index (χ2n) is 5.43. The number of piperazine rings is 1. The molecule has 1 aliphatic rings. The number of benzene rings is 1. The lowest BCUT2D eigenvalue weighted by molar-refractivity contribution is -0.662. The summed E-state index contributed by atoms with van der Waals surface area (Å²) in [6, 6.07) is 2.89. The van der Waals surface area contributed by atoms with Gasteiger partial charge in [0.15, 0.2) is 0 Å². The molecule has 0 saturated carbocycles. The molecule has 11 heteroatoms. The van der Waals surface area contributed by atoms with Crippen molar-refractivity contribution in [3.8, 4) is 5.75 Å². The van der Waals surface area contributed by atoms with Gasteiger partial charge in [-0.15, -0.1) is 0 Å². The molecule has 0 spiro atoms. The Hall–Kier alpha value is -3.05. The summed E-state index contributed by atoms with van der Waals surface area (Å²) in [4.78, 5) is 32.6. The van der Waals surface area contributed by atoms with Crippen LogP contribution in [0.25, 0.3) is 11.0 Å². The molecule has 25 heavy (non-hydrogen) atoms. The lowest BCUT2D eigenvalue weighted by atomic mass is 10.2. The van der Waals surface area contributed by atoms with Crippen molar-refractivity contribution in [3.63, 3.8) is 0 Å². The molecule has 2 N–H and O–H groups in total. The number of nitrogens with zero attached hydrogens (tertiary/aromatic N) is 3. The van der Waals surface area contributed by atoms with Crippen LogP contribution in [0.3, 0.4) is 0 Å². The normalized spacial score (nSPS) is 14.6. The molecule has 1 fully saturated rings. The van der Waals surface area contributed by atoms with Crippen LogP contribution in [0.4, 0.5) is 11.4 Å². The SMILES string of the molecule is CN1CC[NH2+]CC1.O=c1oc2ccc([N+](=O)[O-])cc2c([O-])c1[N+](=O)[O-]. The van der Waals surface area contributed by atoms with Crippen molar-refractivity contribution in [2.24, 2.45) is 0 Å². The Bertz CT molecular complexity index is 858. The average Bonchev–Trinajstić information content (AvgIpc) is 2.55. The van der Waals surface area contributed by atoms with Gasteiger partial charge in [0.05, 0.1) is 22.9 Å². The standard InChI is InChI=1S/C9H4N2O7.C5H12N2/c12-8-5-3-4(10(14)15)1-2-6(5)18-9(13)7(8)11(16)17;1-7-4-2-6-3-5-7/h1-3,12H;6H,2-5H2,1H3. The van der Waals surface area contributed by atoms with Gasteiger partial charge in [-0.1, -0.05) is 0 Å². The minimum Gasteiger partial charge on any atom is -0.867 e. The highest BCUT2D eigenvalue weighted by molar-refractivity contribution is 5.87. The van der Waals surface area contributed by atoms with E-state index in [0.29, 0.717) is 0 Å². The summed E-state index contributed by atoms with van der Waals surface area (Å²) in [5, 5.41) is 34.7. The fraction of sp³-hybridized carbons (Fsp3) is 0.357. The van der Waals surface area contributed by atoms with Crippen LogP contribution in [0.2, 0.25) is 0 Å². The first-order chi connectivity index (χ1) is 11.8. The number of rotatable bonds is 2. The first-order valence-electron chi connectivity index (χ1n) is 7.38. The molecule has 0 bridgehead atoms. The molecule has 0 unspecified atom stereocenters. The maximum absolute atomic E-state index is 11.6. The summed E-state index contributed by atoms with van der Waals surface area (Å²) in [6.45, 7) is 5.10. The second kappa shape index (κ2) is 7.68. The first kappa shape index (κ1) is 18.3. The van der Waals surface area contributed by atoms with Crippen LogP contribution in [-0.2, 0) is 0 Å². The maximum atomic E-state index is 11.6. The Morgan fingerprint density at radius 3 is 2.28 bits per heavy atom. The molecule has 0 atom stereocenters. The molecular formula is C14H16N4O7. The summed E-state index contributed by atoms with van der Waals surface area (Å²) in [6.07, 6.45) is 0. The van der Waals surface area contributed by atoms with Crippen molar-refractivity contribution in [3.05, 3.63) is 48.8 Å². The Labute approximate surface area is 140 Å². The zero-order chi connectivity index (χ0) is 18.6.